The van der Waals surface area contributed by atoms with E-state index in [1.165, 1.54) is 14.4 Å². The zero-order chi connectivity index (χ0) is 37.3. The van der Waals surface area contributed by atoms with Gasteiger partial charge in [-0.1, -0.05) is 30.3 Å². The fourth-order valence-electron chi connectivity index (χ4n) is 5.28. The van der Waals surface area contributed by atoms with Gasteiger partial charge in [0.05, 0.1) is 37.9 Å². The molecule has 0 bridgehead atoms. The second-order valence-electron chi connectivity index (χ2n) is 14.4. The third-order valence-corrected chi connectivity index (χ3v) is 7.82. The number of ether oxygens (including phenoxy) is 4. The molecule has 3 amide bonds. The second kappa shape index (κ2) is 16.9. The highest BCUT2D eigenvalue weighted by molar-refractivity contribution is 5.83. The SMILES string of the molecule is CN(CCOCCn1c(=O)oc2ccc(-c3ccc(C[C@@H](C#N)NC(=O)[C@@H]4CN(C(=O)OC(C)(C)C)CCCO4)cc3)cc21)C(=O)OC(C)(C)C. The number of hydrogen-bond donors (Lipinski definition) is 1. The highest BCUT2D eigenvalue weighted by Crippen LogP contribution is 2.25. The van der Waals surface area contributed by atoms with Gasteiger partial charge in [0.2, 0.25) is 0 Å². The summed E-state index contributed by atoms with van der Waals surface area (Å²) in [4.78, 5) is 53.4. The molecule has 0 unspecified atom stereocenters. The number of fused-ring (bicyclic) bond motifs is 1. The molecule has 276 valence electrons. The Hall–Kier alpha value is -4.87. The Morgan fingerprint density at radius 3 is 2.37 bits per heavy atom. The largest absolute Gasteiger partial charge is 0.444 e. The van der Waals surface area contributed by atoms with Crippen LogP contribution in [0.1, 0.15) is 53.5 Å². The monoisotopic (exact) mass is 707 g/mol. The highest BCUT2D eigenvalue weighted by atomic mass is 16.6. The first-order valence-electron chi connectivity index (χ1n) is 17.1. The number of benzene rings is 2. The maximum absolute atomic E-state index is 13.1. The zero-order valence-corrected chi connectivity index (χ0v) is 30.5. The van der Waals surface area contributed by atoms with Crippen molar-refractivity contribution in [2.45, 2.75) is 84.3 Å². The predicted octanol–water partition coefficient (Wildman–Crippen LogP) is 4.72. The van der Waals surface area contributed by atoms with Crippen molar-refractivity contribution in [2.75, 3.05) is 46.5 Å². The van der Waals surface area contributed by atoms with Crippen molar-refractivity contribution in [3.05, 3.63) is 58.6 Å². The normalized spacial score (nSPS) is 15.8. The van der Waals surface area contributed by atoms with Crippen LogP contribution in [0.2, 0.25) is 0 Å². The van der Waals surface area contributed by atoms with Gasteiger partial charge in [0, 0.05) is 33.2 Å². The quantitative estimate of drug-likeness (QED) is 0.276. The Morgan fingerprint density at radius 1 is 1.02 bits per heavy atom. The van der Waals surface area contributed by atoms with Crippen LogP contribution in [0.5, 0.6) is 0 Å². The Bertz CT molecular complexity index is 1760. The summed E-state index contributed by atoms with van der Waals surface area (Å²) >= 11 is 0. The number of likely N-dealkylation sites (N-methyl/N-ethyl adjacent to an activating group) is 1. The number of hydrogen-bond acceptors (Lipinski definition) is 10. The summed E-state index contributed by atoms with van der Waals surface area (Å²) in [6.45, 7) is 12.6. The minimum absolute atomic E-state index is 0.0307. The Balaban J connectivity index is 1.33. The van der Waals surface area contributed by atoms with E-state index in [4.69, 9.17) is 23.4 Å². The van der Waals surface area contributed by atoms with Crippen LogP contribution in [0, 0.1) is 11.3 Å². The van der Waals surface area contributed by atoms with E-state index in [2.05, 4.69) is 11.4 Å². The number of carbonyl (C=O) groups excluding carboxylic acids is 3. The maximum atomic E-state index is 13.1. The number of rotatable bonds is 11. The number of oxazole rings is 1. The van der Waals surface area contributed by atoms with Crippen LogP contribution in [-0.4, -0.2) is 102 Å². The van der Waals surface area contributed by atoms with Crippen LogP contribution in [0.25, 0.3) is 22.2 Å². The molecule has 2 atom stereocenters. The first-order chi connectivity index (χ1) is 24.0. The van der Waals surface area contributed by atoms with Gasteiger partial charge in [0.1, 0.15) is 17.2 Å². The molecule has 2 heterocycles. The van der Waals surface area contributed by atoms with Crippen LogP contribution < -0.4 is 11.1 Å². The molecule has 1 aliphatic rings. The van der Waals surface area contributed by atoms with Gasteiger partial charge >= 0.3 is 17.9 Å². The van der Waals surface area contributed by atoms with Crippen molar-refractivity contribution < 1.29 is 37.7 Å². The van der Waals surface area contributed by atoms with Gasteiger partial charge in [-0.2, -0.15) is 5.26 Å². The smallest absolute Gasteiger partial charge is 0.420 e. The van der Waals surface area contributed by atoms with Crippen molar-refractivity contribution >= 4 is 29.2 Å². The molecular formula is C37H49N5O9. The van der Waals surface area contributed by atoms with E-state index in [0.29, 0.717) is 37.2 Å². The molecule has 1 fully saturated rings. The predicted molar refractivity (Wildman–Crippen MR) is 189 cm³/mol. The van der Waals surface area contributed by atoms with Gasteiger partial charge in [0.25, 0.3) is 5.91 Å². The number of amides is 3. The third kappa shape index (κ3) is 11.6. The number of nitriles is 1. The number of nitrogens with zero attached hydrogens (tertiary/aromatic N) is 4. The van der Waals surface area contributed by atoms with Gasteiger partial charge in [-0.3, -0.25) is 9.36 Å². The van der Waals surface area contributed by atoms with E-state index >= 15 is 0 Å². The van der Waals surface area contributed by atoms with Crippen molar-refractivity contribution in [1.29, 1.82) is 5.26 Å². The molecular weight excluding hydrogens is 658 g/mol. The summed E-state index contributed by atoms with van der Waals surface area (Å²) in [6, 6.07) is 14.4. The molecule has 3 aromatic rings. The summed E-state index contributed by atoms with van der Waals surface area (Å²) in [5.41, 5.74) is 2.38. The van der Waals surface area contributed by atoms with Gasteiger partial charge in [-0.25, -0.2) is 14.4 Å². The van der Waals surface area contributed by atoms with Crippen LogP contribution in [-0.2, 0) is 36.7 Å². The molecule has 2 aromatic carbocycles. The van der Waals surface area contributed by atoms with E-state index in [-0.39, 0.29) is 32.7 Å². The van der Waals surface area contributed by atoms with Gasteiger partial charge in [0.15, 0.2) is 11.7 Å². The number of carbonyl (C=O) groups is 3. The molecule has 14 heteroatoms. The lowest BCUT2D eigenvalue weighted by Gasteiger charge is -2.27. The van der Waals surface area contributed by atoms with Crippen molar-refractivity contribution in [3.8, 4) is 17.2 Å². The average Bonchev–Trinajstić information content (AvgIpc) is 3.19. The summed E-state index contributed by atoms with van der Waals surface area (Å²) in [7, 11) is 1.64. The molecule has 51 heavy (non-hydrogen) atoms. The van der Waals surface area contributed by atoms with E-state index in [1.807, 2.05) is 36.4 Å². The van der Waals surface area contributed by atoms with Crippen molar-refractivity contribution in [1.82, 2.24) is 19.7 Å². The fourth-order valence-corrected chi connectivity index (χ4v) is 5.28. The summed E-state index contributed by atoms with van der Waals surface area (Å²) in [6.07, 6.45) is -1.04. The Labute approximate surface area is 298 Å². The van der Waals surface area contributed by atoms with Crippen molar-refractivity contribution in [2.24, 2.45) is 0 Å². The van der Waals surface area contributed by atoms with Gasteiger partial charge < -0.3 is 38.5 Å². The van der Waals surface area contributed by atoms with Crippen LogP contribution in [0.3, 0.4) is 0 Å². The first kappa shape index (κ1) is 38.9. The number of nitrogens with one attached hydrogen (secondary N) is 1. The maximum Gasteiger partial charge on any atom is 0.420 e. The van der Waals surface area contributed by atoms with Crippen LogP contribution in [0.4, 0.5) is 9.59 Å². The van der Waals surface area contributed by atoms with Gasteiger partial charge in [-0.15, -0.1) is 0 Å². The molecule has 0 aliphatic carbocycles. The molecule has 14 nitrogen and oxygen atoms in total. The lowest BCUT2D eigenvalue weighted by molar-refractivity contribution is -0.133. The molecule has 0 radical (unpaired) electrons. The standard InChI is InChI=1S/C37H49N5O9/c1-36(2,3)50-33(44)40(7)16-19-47-20-17-42-29-22-27(13-14-30(29)49-35(42)46)26-11-9-25(10-12-26)21-28(23-38)39-32(43)31-24-41(15-8-18-48-31)34(45)51-37(4,5)6/h9-14,22,28,31H,8,15-21,24H2,1-7H3,(H,39,43)/t28-,31-/m0/s1. The first-order valence-corrected chi connectivity index (χ1v) is 17.1. The Kier molecular flexibility index (Phi) is 12.9. The minimum atomic E-state index is -0.925. The Morgan fingerprint density at radius 2 is 1.71 bits per heavy atom. The fraction of sp³-hybridized carbons (Fsp3) is 0.541. The summed E-state index contributed by atoms with van der Waals surface area (Å²) < 4.78 is 29.2. The van der Waals surface area contributed by atoms with Crippen LogP contribution >= 0.6 is 0 Å². The summed E-state index contributed by atoms with van der Waals surface area (Å²) in [5.74, 6) is -0.963. The second-order valence-corrected chi connectivity index (χ2v) is 14.4. The zero-order valence-electron chi connectivity index (χ0n) is 30.5. The molecule has 1 N–H and O–H groups in total. The molecule has 0 spiro atoms. The number of aromatic nitrogens is 1. The van der Waals surface area contributed by atoms with E-state index in [0.717, 1.165) is 16.7 Å². The van der Waals surface area contributed by atoms with Crippen LogP contribution in [0.15, 0.2) is 51.7 Å². The van der Waals surface area contributed by atoms with E-state index < -0.39 is 47.2 Å². The molecule has 1 saturated heterocycles. The minimum Gasteiger partial charge on any atom is -0.444 e. The van der Waals surface area contributed by atoms with E-state index in [9.17, 15) is 24.4 Å². The van der Waals surface area contributed by atoms with Crippen molar-refractivity contribution in [3.63, 3.8) is 0 Å². The topological polar surface area (TPSA) is 166 Å². The lowest BCUT2D eigenvalue weighted by Crippen LogP contribution is -2.48. The molecule has 0 saturated carbocycles. The third-order valence-electron chi connectivity index (χ3n) is 7.82. The summed E-state index contributed by atoms with van der Waals surface area (Å²) in [5, 5.41) is 12.6. The lowest BCUT2D eigenvalue weighted by atomic mass is 10.0. The molecule has 1 aliphatic heterocycles. The molecule has 1 aromatic heterocycles. The van der Waals surface area contributed by atoms with Gasteiger partial charge in [-0.05, 0) is 76.8 Å². The highest BCUT2D eigenvalue weighted by Gasteiger charge is 2.31. The average molecular weight is 708 g/mol. The molecule has 4 rings (SSSR count). The van der Waals surface area contributed by atoms with E-state index in [1.54, 1.807) is 54.7 Å².